The third kappa shape index (κ3) is 6.64. The number of amides is 1. The zero-order valence-electron chi connectivity index (χ0n) is 17.0. The zero-order valence-corrected chi connectivity index (χ0v) is 17.0. The Bertz CT molecular complexity index is 811. The minimum Gasteiger partial charge on any atom is -0.458 e. The van der Waals surface area contributed by atoms with Crippen LogP contribution in [0.5, 0.6) is 0 Å². The van der Waals surface area contributed by atoms with Crippen LogP contribution in [0, 0.1) is 0 Å². The molecule has 1 aromatic carbocycles. The second kappa shape index (κ2) is 10.3. The number of hydrogen-bond donors (Lipinski definition) is 1. The summed E-state index contributed by atoms with van der Waals surface area (Å²) in [7, 11) is 0. The van der Waals surface area contributed by atoms with Crippen LogP contribution in [-0.4, -0.2) is 36.8 Å². The van der Waals surface area contributed by atoms with E-state index in [0.717, 1.165) is 28.9 Å². The van der Waals surface area contributed by atoms with Crippen LogP contribution in [0.25, 0.3) is 5.57 Å². The first-order valence-electron chi connectivity index (χ1n) is 8.87. The van der Waals surface area contributed by atoms with Crippen molar-refractivity contribution in [3.63, 3.8) is 0 Å². The lowest BCUT2D eigenvalue weighted by Crippen LogP contribution is -2.50. The van der Waals surface area contributed by atoms with Crippen molar-refractivity contribution in [2.75, 3.05) is 6.61 Å². The van der Waals surface area contributed by atoms with Crippen LogP contribution >= 0.6 is 0 Å². The van der Waals surface area contributed by atoms with E-state index in [4.69, 9.17) is 19.9 Å². The highest BCUT2D eigenvalue weighted by atomic mass is 16.6. The summed E-state index contributed by atoms with van der Waals surface area (Å²) >= 11 is 0. The Morgan fingerprint density at radius 1 is 1.14 bits per heavy atom. The van der Waals surface area contributed by atoms with Crippen LogP contribution in [-0.2, 0) is 29.2 Å². The van der Waals surface area contributed by atoms with E-state index in [1.807, 2.05) is 31.2 Å². The van der Waals surface area contributed by atoms with Gasteiger partial charge in [-0.15, -0.1) is 0 Å². The number of nitrogens with two attached hydrogens (primary N) is 1. The van der Waals surface area contributed by atoms with Gasteiger partial charge in [0.25, 0.3) is 0 Å². The molecule has 0 heterocycles. The molecule has 0 spiro atoms. The van der Waals surface area contributed by atoms with Crippen molar-refractivity contribution < 1.29 is 28.6 Å². The molecule has 0 aliphatic carbocycles. The first kappa shape index (κ1) is 23.7. The largest absolute Gasteiger partial charge is 0.458 e. The fourth-order valence-corrected chi connectivity index (χ4v) is 2.77. The summed E-state index contributed by atoms with van der Waals surface area (Å²) in [6.45, 7) is 15.7. The third-order valence-corrected chi connectivity index (χ3v) is 4.38. The smallest absolute Gasteiger partial charge is 0.405 e. The summed E-state index contributed by atoms with van der Waals surface area (Å²) < 4.78 is 15.7. The van der Waals surface area contributed by atoms with Crippen molar-refractivity contribution in [2.45, 2.75) is 38.4 Å². The molecule has 2 atom stereocenters. The molecule has 0 bridgehead atoms. The maximum atomic E-state index is 12.0. The van der Waals surface area contributed by atoms with Gasteiger partial charge in [0.1, 0.15) is 6.61 Å². The van der Waals surface area contributed by atoms with Gasteiger partial charge in [-0.25, -0.2) is 14.4 Å². The Balaban J connectivity index is 3.41. The van der Waals surface area contributed by atoms with Gasteiger partial charge in [0.2, 0.25) is 0 Å². The second-order valence-electron chi connectivity index (χ2n) is 6.95. The zero-order chi connectivity index (χ0) is 22.2. The van der Waals surface area contributed by atoms with Gasteiger partial charge in [-0.3, -0.25) is 0 Å². The predicted octanol–water partition coefficient (Wildman–Crippen LogP) is 3.29. The van der Waals surface area contributed by atoms with Crippen LogP contribution in [0.4, 0.5) is 4.79 Å². The lowest BCUT2D eigenvalue weighted by Gasteiger charge is -2.38. The Kier molecular flexibility index (Phi) is 8.38. The van der Waals surface area contributed by atoms with Gasteiger partial charge < -0.3 is 19.9 Å². The molecule has 7 heteroatoms. The van der Waals surface area contributed by atoms with Crippen LogP contribution in [0.2, 0.25) is 0 Å². The predicted molar refractivity (Wildman–Crippen MR) is 110 cm³/mol. The highest BCUT2D eigenvalue weighted by Gasteiger charge is 2.42. The number of esters is 2. The normalized spacial score (nSPS) is 12.8. The van der Waals surface area contributed by atoms with E-state index < -0.39 is 35.7 Å². The number of allylic oxidation sites excluding steroid dienone is 1. The molecule has 1 rings (SSSR count). The standard InChI is InChI=1S/C22H27NO6/c1-7-18(24)27-13-17(28-21(23)26)20(29-19(25)8-2)22(5,6)16-11-9-10-15(12-16)14(3)4/h7-12,17,20H,1-3,13H2,4-6H3,(H2,23,26). The summed E-state index contributed by atoms with van der Waals surface area (Å²) in [6.07, 6.45) is -1.35. The minimum atomic E-state index is -1.16. The first-order valence-corrected chi connectivity index (χ1v) is 8.87. The molecule has 156 valence electrons. The Morgan fingerprint density at radius 3 is 2.28 bits per heavy atom. The van der Waals surface area contributed by atoms with Gasteiger partial charge in [-0.05, 0) is 18.1 Å². The lowest BCUT2D eigenvalue weighted by molar-refractivity contribution is -0.160. The topological polar surface area (TPSA) is 105 Å². The van der Waals surface area contributed by atoms with Gasteiger partial charge in [-0.1, -0.05) is 63.4 Å². The molecule has 0 saturated heterocycles. The number of carbonyl (C=O) groups is 3. The Morgan fingerprint density at radius 2 is 1.76 bits per heavy atom. The molecular weight excluding hydrogens is 374 g/mol. The van der Waals surface area contributed by atoms with Gasteiger partial charge in [0.05, 0.1) is 0 Å². The highest BCUT2D eigenvalue weighted by molar-refractivity contribution is 5.82. The van der Waals surface area contributed by atoms with E-state index in [1.54, 1.807) is 13.8 Å². The van der Waals surface area contributed by atoms with E-state index in [1.165, 1.54) is 0 Å². The number of ether oxygens (including phenoxy) is 3. The molecule has 0 aliphatic heterocycles. The minimum absolute atomic E-state index is 0.382. The Labute approximate surface area is 170 Å². The number of rotatable bonds is 10. The summed E-state index contributed by atoms with van der Waals surface area (Å²) in [5.41, 5.74) is 6.85. The van der Waals surface area contributed by atoms with Crippen molar-refractivity contribution in [1.82, 2.24) is 0 Å². The molecule has 7 nitrogen and oxygen atoms in total. The van der Waals surface area contributed by atoms with Crippen molar-refractivity contribution in [3.05, 3.63) is 67.3 Å². The summed E-state index contributed by atoms with van der Waals surface area (Å²) in [5, 5.41) is 0. The average Bonchev–Trinajstić information content (AvgIpc) is 2.68. The SMILES string of the molecule is C=CC(=O)OCC(OC(N)=O)C(OC(=O)C=C)C(C)(C)c1cccc(C(=C)C)c1. The summed E-state index contributed by atoms with van der Waals surface area (Å²) in [5.74, 6) is -1.45. The average molecular weight is 401 g/mol. The number of hydrogen-bond acceptors (Lipinski definition) is 6. The first-order chi connectivity index (χ1) is 13.5. The number of carbonyl (C=O) groups excluding carboxylic acids is 3. The quantitative estimate of drug-likeness (QED) is 0.366. The number of benzene rings is 1. The fourth-order valence-electron chi connectivity index (χ4n) is 2.77. The number of primary amides is 1. The van der Waals surface area contributed by atoms with E-state index >= 15 is 0 Å². The second-order valence-corrected chi connectivity index (χ2v) is 6.95. The highest BCUT2D eigenvalue weighted by Crippen LogP contribution is 2.34. The van der Waals surface area contributed by atoms with E-state index in [0.29, 0.717) is 0 Å². The molecule has 0 radical (unpaired) electrons. The van der Waals surface area contributed by atoms with Crippen molar-refractivity contribution in [1.29, 1.82) is 0 Å². The monoisotopic (exact) mass is 401 g/mol. The van der Waals surface area contributed by atoms with Crippen LogP contribution in [0.1, 0.15) is 31.9 Å². The lowest BCUT2D eigenvalue weighted by atomic mass is 9.76. The fraction of sp³-hybridized carbons (Fsp3) is 0.318. The van der Waals surface area contributed by atoms with E-state index in [9.17, 15) is 14.4 Å². The van der Waals surface area contributed by atoms with Gasteiger partial charge in [-0.2, -0.15) is 0 Å². The molecule has 0 aliphatic rings. The van der Waals surface area contributed by atoms with E-state index in [2.05, 4.69) is 19.7 Å². The molecule has 29 heavy (non-hydrogen) atoms. The van der Waals surface area contributed by atoms with Crippen LogP contribution in [0.3, 0.4) is 0 Å². The Hall–Kier alpha value is -3.35. The molecule has 0 aromatic heterocycles. The van der Waals surface area contributed by atoms with Gasteiger partial charge in [0.15, 0.2) is 12.2 Å². The summed E-state index contributed by atoms with van der Waals surface area (Å²) in [6, 6.07) is 7.48. The molecule has 1 aromatic rings. The molecule has 2 N–H and O–H groups in total. The van der Waals surface area contributed by atoms with E-state index in [-0.39, 0.29) is 6.61 Å². The van der Waals surface area contributed by atoms with Crippen molar-refractivity contribution in [3.8, 4) is 0 Å². The molecule has 1 amide bonds. The van der Waals surface area contributed by atoms with Gasteiger partial charge in [0, 0.05) is 17.6 Å². The van der Waals surface area contributed by atoms with Gasteiger partial charge >= 0.3 is 18.0 Å². The molecule has 0 saturated carbocycles. The van der Waals surface area contributed by atoms with Crippen LogP contribution < -0.4 is 5.73 Å². The van der Waals surface area contributed by atoms with Crippen LogP contribution in [0.15, 0.2) is 56.2 Å². The maximum absolute atomic E-state index is 12.0. The maximum Gasteiger partial charge on any atom is 0.405 e. The van der Waals surface area contributed by atoms with Crippen molar-refractivity contribution in [2.24, 2.45) is 5.73 Å². The molecule has 0 fully saturated rings. The molecule has 2 unspecified atom stereocenters. The van der Waals surface area contributed by atoms with Crippen molar-refractivity contribution >= 4 is 23.6 Å². The third-order valence-electron chi connectivity index (χ3n) is 4.38. The summed E-state index contributed by atoms with van der Waals surface area (Å²) in [4.78, 5) is 35.0. The molecular formula is C22H27NO6.